The number of hydrogen-bond acceptors (Lipinski definition) is 2. The first kappa shape index (κ1) is 15.0. The van der Waals surface area contributed by atoms with Crippen LogP contribution in [0.5, 0.6) is 0 Å². The van der Waals surface area contributed by atoms with Crippen LogP contribution in [0.4, 0.5) is 0 Å². The molecule has 0 spiro atoms. The van der Waals surface area contributed by atoms with Crippen LogP contribution < -0.4 is 11.1 Å². The number of nitrogens with one attached hydrogen (secondary N) is 1. The molecule has 92 valence electrons. The topological polar surface area (TPSA) is 55.1 Å². The van der Waals surface area contributed by atoms with Crippen molar-refractivity contribution in [2.75, 3.05) is 6.54 Å². The van der Waals surface area contributed by atoms with Gasteiger partial charge in [0.15, 0.2) is 0 Å². The molecule has 0 rings (SSSR count). The number of hydrogen-bond donors (Lipinski definition) is 2. The van der Waals surface area contributed by atoms with Gasteiger partial charge in [-0.3, -0.25) is 4.79 Å². The molecule has 0 heterocycles. The summed E-state index contributed by atoms with van der Waals surface area (Å²) >= 11 is 0. The molecule has 0 saturated carbocycles. The maximum Gasteiger partial charge on any atom is 0.225 e. The van der Waals surface area contributed by atoms with Gasteiger partial charge in [0, 0.05) is 6.54 Å². The standard InChI is InChI=1S/C13H24N2O/c1-6-11(7-2)15-12(16)10(9-14)8-13(3,4)5/h1,10-11H,7-9,14H2,2-5H3,(H,15,16). The molecule has 16 heavy (non-hydrogen) atoms. The average Bonchev–Trinajstić information content (AvgIpc) is 2.20. The Balaban J connectivity index is 4.38. The Labute approximate surface area is 99.2 Å². The third-order valence-electron chi connectivity index (χ3n) is 2.44. The molecule has 0 aliphatic heterocycles. The van der Waals surface area contributed by atoms with Gasteiger partial charge in [-0.05, 0) is 18.3 Å². The minimum Gasteiger partial charge on any atom is -0.342 e. The highest BCUT2D eigenvalue weighted by atomic mass is 16.1. The number of nitrogens with two attached hydrogens (primary N) is 1. The number of rotatable bonds is 5. The minimum absolute atomic E-state index is 0.0257. The van der Waals surface area contributed by atoms with Crippen molar-refractivity contribution in [3.63, 3.8) is 0 Å². The second kappa shape index (κ2) is 6.55. The van der Waals surface area contributed by atoms with Crippen LogP contribution in [0.2, 0.25) is 0 Å². The maximum atomic E-state index is 11.9. The maximum absolute atomic E-state index is 11.9. The summed E-state index contributed by atoms with van der Waals surface area (Å²) in [6.07, 6.45) is 6.82. The zero-order chi connectivity index (χ0) is 12.8. The number of carbonyl (C=O) groups is 1. The van der Waals surface area contributed by atoms with E-state index in [0.717, 1.165) is 12.8 Å². The Morgan fingerprint density at radius 2 is 2.06 bits per heavy atom. The van der Waals surface area contributed by atoms with E-state index in [4.69, 9.17) is 12.2 Å². The zero-order valence-corrected chi connectivity index (χ0v) is 10.8. The molecule has 0 saturated heterocycles. The quantitative estimate of drug-likeness (QED) is 0.696. The minimum atomic E-state index is -0.179. The van der Waals surface area contributed by atoms with Crippen LogP contribution >= 0.6 is 0 Å². The summed E-state index contributed by atoms with van der Waals surface area (Å²) in [6, 6.07) is -0.179. The van der Waals surface area contributed by atoms with Crippen molar-refractivity contribution in [3.05, 3.63) is 0 Å². The van der Waals surface area contributed by atoms with Gasteiger partial charge in [0.05, 0.1) is 12.0 Å². The summed E-state index contributed by atoms with van der Waals surface area (Å²) in [4.78, 5) is 11.9. The van der Waals surface area contributed by atoms with Crippen LogP contribution in [0.15, 0.2) is 0 Å². The molecular formula is C13H24N2O. The van der Waals surface area contributed by atoms with Gasteiger partial charge in [0.2, 0.25) is 5.91 Å². The van der Waals surface area contributed by atoms with Gasteiger partial charge in [-0.1, -0.05) is 33.6 Å². The molecular weight excluding hydrogens is 200 g/mol. The molecule has 3 heteroatoms. The third kappa shape index (κ3) is 5.77. The normalized spacial score (nSPS) is 15.0. The van der Waals surface area contributed by atoms with Crippen LogP contribution in [0.25, 0.3) is 0 Å². The Morgan fingerprint density at radius 3 is 2.38 bits per heavy atom. The van der Waals surface area contributed by atoms with E-state index < -0.39 is 0 Å². The van der Waals surface area contributed by atoms with Gasteiger partial charge in [-0.2, -0.15) is 0 Å². The van der Waals surface area contributed by atoms with Gasteiger partial charge in [-0.25, -0.2) is 0 Å². The lowest BCUT2D eigenvalue weighted by molar-refractivity contribution is -0.126. The van der Waals surface area contributed by atoms with E-state index in [2.05, 4.69) is 32.0 Å². The number of amides is 1. The Kier molecular flexibility index (Phi) is 6.13. The summed E-state index contributed by atoms with van der Waals surface area (Å²) in [7, 11) is 0. The summed E-state index contributed by atoms with van der Waals surface area (Å²) in [5.74, 6) is 2.38. The van der Waals surface area contributed by atoms with E-state index in [9.17, 15) is 4.79 Å². The Hall–Kier alpha value is -1.01. The van der Waals surface area contributed by atoms with Gasteiger partial charge in [-0.15, -0.1) is 6.42 Å². The summed E-state index contributed by atoms with van der Waals surface area (Å²) < 4.78 is 0. The predicted octanol–water partition coefficient (Wildman–Crippen LogP) is 1.53. The van der Waals surface area contributed by atoms with Gasteiger partial charge >= 0.3 is 0 Å². The fourth-order valence-corrected chi connectivity index (χ4v) is 1.57. The fraction of sp³-hybridized carbons (Fsp3) is 0.769. The van der Waals surface area contributed by atoms with Gasteiger partial charge in [0.25, 0.3) is 0 Å². The molecule has 3 nitrogen and oxygen atoms in total. The van der Waals surface area contributed by atoms with Crippen molar-refractivity contribution < 1.29 is 4.79 Å². The molecule has 3 N–H and O–H groups in total. The highest BCUT2D eigenvalue weighted by Gasteiger charge is 2.24. The first-order valence-electron chi connectivity index (χ1n) is 5.80. The lowest BCUT2D eigenvalue weighted by Gasteiger charge is -2.25. The van der Waals surface area contributed by atoms with Crippen LogP contribution in [-0.2, 0) is 4.79 Å². The summed E-state index contributed by atoms with van der Waals surface area (Å²) in [6.45, 7) is 8.61. The second-order valence-corrected chi connectivity index (χ2v) is 5.33. The fourth-order valence-electron chi connectivity index (χ4n) is 1.57. The molecule has 0 fully saturated rings. The average molecular weight is 224 g/mol. The molecule has 0 bridgehead atoms. The molecule has 0 aromatic carbocycles. The Bertz CT molecular complexity index is 260. The molecule has 0 aliphatic rings. The van der Waals surface area contributed by atoms with E-state index in [1.807, 2.05) is 6.92 Å². The van der Waals surface area contributed by atoms with Gasteiger partial charge in [0.1, 0.15) is 0 Å². The number of carbonyl (C=O) groups excluding carboxylic acids is 1. The first-order valence-corrected chi connectivity index (χ1v) is 5.80. The van der Waals surface area contributed by atoms with Gasteiger partial charge < -0.3 is 11.1 Å². The van der Waals surface area contributed by atoms with E-state index in [1.165, 1.54) is 0 Å². The first-order chi connectivity index (χ1) is 7.34. The third-order valence-corrected chi connectivity index (χ3v) is 2.44. The SMILES string of the molecule is C#CC(CC)NC(=O)C(CN)CC(C)(C)C. The molecule has 0 aliphatic carbocycles. The lowest BCUT2D eigenvalue weighted by Crippen LogP contribution is -2.41. The van der Waals surface area contributed by atoms with E-state index in [-0.39, 0.29) is 23.3 Å². The van der Waals surface area contributed by atoms with Crippen LogP contribution in [0.1, 0.15) is 40.5 Å². The molecule has 0 aromatic heterocycles. The molecule has 2 unspecified atom stereocenters. The highest BCUT2D eigenvalue weighted by Crippen LogP contribution is 2.24. The zero-order valence-electron chi connectivity index (χ0n) is 10.8. The van der Waals surface area contributed by atoms with E-state index >= 15 is 0 Å². The van der Waals surface area contributed by atoms with Crippen LogP contribution in [0, 0.1) is 23.7 Å². The van der Waals surface area contributed by atoms with Crippen molar-refractivity contribution in [2.24, 2.45) is 17.1 Å². The molecule has 0 aromatic rings. The molecule has 0 radical (unpaired) electrons. The smallest absolute Gasteiger partial charge is 0.225 e. The van der Waals surface area contributed by atoms with Crippen molar-refractivity contribution >= 4 is 5.91 Å². The van der Waals surface area contributed by atoms with Crippen molar-refractivity contribution in [1.82, 2.24) is 5.32 Å². The van der Waals surface area contributed by atoms with Crippen molar-refractivity contribution in [1.29, 1.82) is 0 Å². The lowest BCUT2D eigenvalue weighted by atomic mass is 9.84. The number of terminal acetylenes is 1. The predicted molar refractivity (Wildman–Crippen MR) is 67.7 cm³/mol. The highest BCUT2D eigenvalue weighted by molar-refractivity contribution is 5.79. The molecule has 2 atom stereocenters. The van der Waals surface area contributed by atoms with Crippen LogP contribution in [-0.4, -0.2) is 18.5 Å². The van der Waals surface area contributed by atoms with Crippen molar-refractivity contribution in [3.8, 4) is 12.3 Å². The largest absolute Gasteiger partial charge is 0.342 e. The van der Waals surface area contributed by atoms with E-state index in [0.29, 0.717) is 6.54 Å². The monoisotopic (exact) mass is 224 g/mol. The molecule has 1 amide bonds. The second-order valence-electron chi connectivity index (χ2n) is 5.33. The van der Waals surface area contributed by atoms with Crippen LogP contribution in [0.3, 0.4) is 0 Å². The summed E-state index contributed by atoms with van der Waals surface area (Å²) in [5.41, 5.74) is 5.72. The van der Waals surface area contributed by atoms with E-state index in [1.54, 1.807) is 0 Å². The van der Waals surface area contributed by atoms with Crippen molar-refractivity contribution in [2.45, 2.75) is 46.6 Å². The summed E-state index contributed by atoms with van der Waals surface area (Å²) in [5, 5.41) is 2.83. The Morgan fingerprint density at radius 1 is 1.50 bits per heavy atom.